The summed E-state index contributed by atoms with van der Waals surface area (Å²) >= 11 is 0. The first kappa shape index (κ1) is 21.7. The second-order valence-electron chi connectivity index (χ2n) is 9.42. The summed E-state index contributed by atoms with van der Waals surface area (Å²) in [6.07, 6.45) is 8.36. The Balaban J connectivity index is 1.30. The van der Waals surface area contributed by atoms with Crippen molar-refractivity contribution in [2.45, 2.75) is 32.2 Å². The van der Waals surface area contributed by atoms with Crippen molar-refractivity contribution in [3.05, 3.63) is 95.8 Å². The summed E-state index contributed by atoms with van der Waals surface area (Å²) in [4.78, 5) is 8.00. The van der Waals surface area contributed by atoms with Crippen molar-refractivity contribution in [2.24, 2.45) is 0 Å². The fourth-order valence-electron chi connectivity index (χ4n) is 5.17. The Labute approximate surface area is 204 Å². The number of nitrogens with one attached hydrogen (secondary N) is 2. The molecule has 0 saturated carbocycles. The van der Waals surface area contributed by atoms with Crippen LogP contribution in [0.1, 0.15) is 35.6 Å². The lowest BCUT2D eigenvalue weighted by Gasteiger charge is -2.23. The van der Waals surface area contributed by atoms with E-state index in [1.165, 1.54) is 30.0 Å². The summed E-state index contributed by atoms with van der Waals surface area (Å²) in [7, 11) is 0. The van der Waals surface area contributed by atoms with Crippen LogP contribution in [0.3, 0.4) is 0 Å². The zero-order valence-corrected chi connectivity index (χ0v) is 19.8. The van der Waals surface area contributed by atoms with Crippen molar-refractivity contribution < 1.29 is 4.39 Å². The van der Waals surface area contributed by atoms with E-state index in [1.807, 2.05) is 36.3 Å². The summed E-state index contributed by atoms with van der Waals surface area (Å²) in [6, 6.07) is 17.8. The molecule has 0 radical (unpaired) electrons. The number of halogens is 1. The first-order valence-corrected chi connectivity index (χ1v) is 12.2. The lowest BCUT2D eigenvalue weighted by molar-refractivity contribution is 0.460. The summed E-state index contributed by atoms with van der Waals surface area (Å²) in [5.41, 5.74) is 8.48. The third-order valence-electron chi connectivity index (χ3n) is 7.06. The molecule has 6 heteroatoms. The van der Waals surface area contributed by atoms with Crippen LogP contribution in [0.2, 0.25) is 0 Å². The van der Waals surface area contributed by atoms with Gasteiger partial charge in [-0.15, -0.1) is 0 Å². The van der Waals surface area contributed by atoms with Gasteiger partial charge in [0, 0.05) is 40.7 Å². The summed E-state index contributed by atoms with van der Waals surface area (Å²) < 4.78 is 15.5. The molecule has 0 atom stereocenters. The first-order chi connectivity index (χ1) is 17.1. The molecule has 6 rings (SSSR count). The van der Waals surface area contributed by atoms with E-state index in [9.17, 15) is 4.39 Å². The predicted molar refractivity (Wildman–Crippen MR) is 138 cm³/mol. The number of aromatic nitrogens is 4. The highest BCUT2D eigenvalue weighted by atomic mass is 19.1. The lowest BCUT2D eigenvalue weighted by atomic mass is 9.89. The maximum absolute atomic E-state index is 13.6. The highest BCUT2D eigenvalue weighted by Crippen LogP contribution is 2.33. The molecule has 3 aromatic heterocycles. The van der Waals surface area contributed by atoms with Gasteiger partial charge in [0.2, 0.25) is 0 Å². The number of benzene rings is 2. The Morgan fingerprint density at radius 1 is 1.00 bits per heavy atom. The van der Waals surface area contributed by atoms with Gasteiger partial charge in [-0.3, -0.25) is 4.68 Å². The van der Waals surface area contributed by atoms with Crippen LogP contribution in [-0.4, -0.2) is 32.8 Å². The van der Waals surface area contributed by atoms with Crippen LogP contribution in [-0.2, 0) is 6.54 Å². The van der Waals surface area contributed by atoms with E-state index in [1.54, 1.807) is 12.1 Å². The molecule has 1 aliphatic heterocycles. The molecule has 0 bridgehead atoms. The molecule has 1 saturated heterocycles. The zero-order valence-electron chi connectivity index (χ0n) is 19.8. The van der Waals surface area contributed by atoms with E-state index in [-0.39, 0.29) is 5.82 Å². The van der Waals surface area contributed by atoms with Crippen LogP contribution < -0.4 is 5.32 Å². The number of aromatic amines is 1. The number of nitrogens with zero attached hydrogens (tertiary/aromatic N) is 3. The van der Waals surface area contributed by atoms with E-state index in [4.69, 9.17) is 4.98 Å². The maximum atomic E-state index is 13.6. The Hall–Kier alpha value is -3.77. The van der Waals surface area contributed by atoms with Gasteiger partial charge in [-0.2, -0.15) is 5.10 Å². The Kier molecular flexibility index (Phi) is 5.66. The molecule has 5 nitrogen and oxygen atoms in total. The van der Waals surface area contributed by atoms with Gasteiger partial charge in [-0.25, -0.2) is 9.37 Å². The van der Waals surface area contributed by atoms with Crippen molar-refractivity contribution in [2.75, 3.05) is 13.1 Å². The second kappa shape index (κ2) is 9.12. The van der Waals surface area contributed by atoms with Crippen LogP contribution in [0, 0.1) is 12.7 Å². The molecule has 0 amide bonds. The molecular formula is C29H28FN5. The van der Waals surface area contributed by atoms with Gasteiger partial charge in [0.05, 0.1) is 12.2 Å². The van der Waals surface area contributed by atoms with E-state index >= 15 is 0 Å². The molecule has 2 aromatic carbocycles. The summed E-state index contributed by atoms with van der Waals surface area (Å²) in [6.45, 7) is 4.73. The average Bonchev–Trinajstić information content (AvgIpc) is 3.46. The van der Waals surface area contributed by atoms with Crippen LogP contribution in [0.5, 0.6) is 0 Å². The molecule has 0 spiro atoms. The highest BCUT2D eigenvalue weighted by Gasteiger charge is 2.16. The Morgan fingerprint density at radius 3 is 2.63 bits per heavy atom. The van der Waals surface area contributed by atoms with E-state index in [2.05, 4.69) is 45.7 Å². The number of H-pyrrole nitrogens is 1. The fourth-order valence-corrected chi connectivity index (χ4v) is 5.17. The van der Waals surface area contributed by atoms with Crippen molar-refractivity contribution in [3.8, 4) is 22.3 Å². The number of fused-ring (bicyclic) bond motifs is 1. The van der Waals surface area contributed by atoms with Crippen LogP contribution in [0.4, 0.5) is 4.39 Å². The Morgan fingerprint density at radius 2 is 1.83 bits per heavy atom. The first-order valence-electron chi connectivity index (χ1n) is 12.2. The summed E-state index contributed by atoms with van der Waals surface area (Å²) in [5.74, 6) is 0.416. The van der Waals surface area contributed by atoms with Crippen molar-refractivity contribution in [1.29, 1.82) is 0 Å². The predicted octanol–water partition coefficient (Wildman–Crippen LogP) is 6.06. The molecule has 176 valence electrons. The van der Waals surface area contributed by atoms with Crippen molar-refractivity contribution in [1.82, 2.24) is 25.1 Å². The van der Waals surface area contributed by atoms with Gasteiger partial charge < -0.3 is 10.3 Å². The summed E-state index contributed by atoms with van der Waals surface area (Å²) in [5, 5.41) is 9.20. The minimum atomic E-state index is -0.231. The van der Waals surface area contributed by atoms with Gasteiger partial charge in [0.1, 0.15) is 11.5 Å². The fraction of sp³-hybridized carbons (Fsp3) is 0.241. The van der Waals surface area contributed by atoms with E-state index in [0.717, 1.165) is 52.1 Å². The standard InChI is InChI=1S/C29H28FN5/c1-19-28(18-35(34-19)17-20-3-2-4-25(30)13-20)27-16-33-29-26(27)14-24(15-32-29)22-7-5-21(6-8-22)23-9-11-31-12-10-23/h2-8,13-16,18,23,31H,9-12,17H2,1H3,(H,32,33). The molecule has 1 fully saturated rings. The zero-order chi connectivity index (χ0) is 23.8. The SMILES string of the molecule is Cc1nn(Cc2cccc(F)c2)cc1-c1c[nH]c2ncc(-c3ccc(C4CCNCC4)cc3)cc12. The Bertz CT molecular complexity index is 1480. The van der Waals surface area contributed by atoms with Gasteiger partial charge in [0.25, 0.3) is 0 Å². The van der Waals surface area contributed by atoms with Crippen LogP contribution >= 0.6 is 0 Å². The molecule has 4 heterocycles. The molecule has 5 aromatic rings. The molecular weight excluding hydrogens is 437 g/mol. The van der Waals surface area contributed by atoms with Crippen molar-refractivity contribution >= 4 is 11.0 Å². The minimum Gasteiger partial charge on any atom is -0.346 e. The topological polar surface area (TPSA) is 58.5 Å². The third-order valence-corrected chi connectivity index (χ3v) is 7.06. The van der Waals surface area contributed by atoms with Gasteiger partial charge >= 0.3 is 0 Å². The number of hydrogen-bond acceptors (Lipinski definition) is 3. The largest absolute Gasteiger partial charge is 0.346 e. The number of hydrogen-bond donors (Lipinski definition) is 2. The smallest absolute Gasteiger partial charge is 0.137 e. The third kappa shape index (κ3) is 4.37. The van der Waals surface area contributed by atoms with Gasteiger partial charge in [-0.05, 0) is 73.7 Å². The van der Waals surface area contributed by atoms with Crippen LogP contribution in [0.15, 0.2) is 73.2 Å². The van der Waals surface area contributed by atoms with Gasteiger partial charge in [0.15, 0.2) is 0 Å². The monoisotopic (exact) mass is 465 g/mol. The number of piperidine rings is 1. The molecule has 0 unspecified atom stereocenters. The molecule has 0 aliphatic carbocycles. The number of aryl methyl sites for hydroxylation is 1. The second-order valence-corrected chi connectivity index (χ2v) is 9.42. The normalized spacial score (nSPS) is 14.6. The van der Waals surface area contributed by atoms with Crippen LogP contribution in [0.25, 0.3) is 33.3 Å². The average molecular weight is 466 g/mol. The minimum absolute atomic E-state index is 0.231. The van der Waals surface area contributed by atoms with E-state index in [0.29, 0.717) is 12.5 Å². The number of pyridine rings is 1. The molecule has 35 heavy (non-hydrogen) atoms. The van der Waals surface area contributed by atoms with E-state index < -0.39 is 0 Å². The van der Waals surface area contributed by atoms with Crippen molar-refractivity contribution in [3.63, 3.8) is 0 Å². The molecule has 2 N–H and O–H groups in total. The highest BCUT2D eigenvalue weighted by molar-refractivity contribution is 5.96. The molecule has 1 aliphatic rings. The maximum Gasteiger partial charge on any atom is 0.137 e. The lowest BCUT2D eigenvalue weighted by Crippen LogP contribution is -2.26. The van der Waals surface area contributed by atoms with Gasteiger partial charge in [-0.1, -0.05) is 36.4 Å². The quantitative estimate of drug-likeness (QED) is 0.332. The number of rotatable bonds is 5.